The Balaban J connectivity index is 0.00000141. The summed E-state index contributed by atoms with van der Waals surface area (Å²) in [4.78, 5) is 4.70. The monoisotopic (exact) mass is 525 g/mol. The number of aryl methyl sites for hydroxylation is 1. The van der Waals surface area contributed by atoms with Crippen molar-refractivity contribution in [2.24, 2.45) is 10.9 Å². The van der Waals surface area contributed by atoms with E-state index in [1.54, 1.807) is 0 Å². The van der Waals surface area contributed by atoms with Gasteiger partial charge in [-0.2, -0.15) is 0 Å². The average Bonchev–Trinajstić information content (AvgIpc) is 2.69. The van der Waals surface area contributed by atoms with Gasteiger partial charge in [0.1, 0.15) is 5.75 Å². The fraction of sp³-hybridized carbons (Fsp3) is 0.480. The molecule has 0 aliphatic carbocycles. The zero-order valence-electron chi connectivity index (χ0n) is 19.0. The van der Waals surface area contributed by atoms with Gasteiger partial charge in [-0.3, -0.25) is 4.99 Å². The molecular weight excluding hydrogens is 492 g/mol. The Hall–Kier alpha value is -0.627. The van der Waals surface area contributed by atoms with Crippen molar-refractivity contribution < 1.29 is 26.0 Å². The van der Waals surface area contributed by atoms with Crippen molar-refractivity contribution in [3.63, 3.8) is 0 Å². The molecule has 0 radical (unpaired) electrons. The molecule has 2 aromatic rings. The predicted molar refractivity (Wildman–Crippen MR) is 129 cm³/mol. The number of hydrogen-bond acceptors (Lipinski definition) is 2. The summed E-state index contributed by atoms with van der Waals surface area (Å²) >= 11 is -0.826. The Morgan fingerprint density at radius 1 is 1.07 bits per heavy atom. The number of hydrogen-bond donors (Lipinski definition) is 1. The maximum absolute atomic E-state index is 11.0. The van der Waals surface area contributed by atoms with E-state index in [0.717, 1.165) is 29.0 Å². The van der Waals surface area contributed by atoms with E-state index in [-0.39, 0.29) is 11.5 Å². The fourth-order valence-electron chi connectivity index (χ4n) is 3.50. The van der Waals surface area contributed by atoms with Gasteiger partial charge in [0.05, 0.1) is 0 Å². The molecular formula is C25H35Cl2NOZr. The van der Waals surface area contributed by atoms with E-state index in [1.165, 1.54) is 18.4 Å². The number of benzene rings is 2. The van der Waals surface area contributed by atoms with Gasteiger partial charge in [0.2, 0.25) is 0 Å². The average molecular weight is 528 g/mol. The first-order valence-electron chi connectivity index (χ1n) is 10.5. The van der Waals surface area contributed by atoms with Crippen LogP contribution in [0.3, 0.4) is 0 Å². The molecule has 0 aliphatic rings. The Bertz CT molecular complexity index is 791. The second-order valence-corrected chi connectivity index (χ2v) is 12.5. The fourth-order valence-corrected chi connectivity index (χ4v) is 3.50. The Morgan fingerprint density at radius 3 is 2.23 bits per heavy atom. The van der Waals surface area contributed by atoms with Crippen LogP contribution in [-0.2, 0) is 26.3 Å². The molecule has 1 N–H and O–H groups in total. The van der Waals surface area contributed by atoms with Crippen LogP contribution < -0.4 is 0 Å². The van der Waals surface area contributed by atoms with E-state index in [9.17, 15) is 5.11 Å². The van der Waals surface area contributed by atoms with Gasteiger partial charge in [-0.25, -0.2) is 0 Å². The molecule has 0 spiro atoms. The molecule has 2 nitrogen and oxygen atoms in total. The Morgan fingerprint density at radius 2 is 1.67 bits per heavy atom. The first kappa shape index (κ1) is 27.4. The number of phenols is 1. The zero-order chi connectivity index (χ0) is 22.7. The summed E-state index contributed by atoms with van der Waals surface area (Å²) < 4.78 is 0. The first-order valence-corrected chi connectivity index (χ1v) is 16.9. The number of aliphatic imine (C=N–C) groups is 1. The van der Waals surface area contributed by atoms with Crippen LogP contribution in [0, 0.1) is 12.8 Å². The molecule has 0 aromatic heterocycles. The molecule has 0 amide bonds. The predicted octanol–water partition coefficient (Wildman–Crippen LogP) is 8.04. The molecule has 164 valence electrons. The molecule has 0 bridgehead atoms. The van der Waals surface area contributed by atoms with E-state index in [0.29, 0.717) is 5.75 Å². The molecule has 0 fully saturated rings. The zero-order valence-corrected chi connectivity index (χ0v) is 23.0. The summed E-state index contributed by atoms with van der Waals surface area (Å²) in [6.45, 7) is 13.1. The molecule has 0 saturated carbocycles. The van der Waals surface area contributed by atoms with Crippen LogP contribution >= 0.6 is 17.0 Å². The quantitative estimate of drug-likeness (QED) is 0.346. The molecule has 0 heterocycles. The third kappa shape index (κ3) is 8.85. The third-order valence-electron chi connectivity index (χ3n) is 5.32. The van der Waals surface area contributed by atoms with Crippen molar-refractivity contribution in [1.29, 1.82) is 0 Å². The second kappa shape index (κ2) is 13.7. The molecule has 1 unspecified atom stereocenters. The molecule has 2 rings (SSSR count). The van der Waals surface area contributed by atoms with Crippen LogP contribution in [0.25, 0.3) is 0 Å². The van der Waals surface area contributed by atoms with Gasteiger partial charge in [-0.15, -0.1) is 0 Å². The van der Waals surface area contributed by atoms with Crippen molar-refractivity contribution in [3.8, 4) is 5.75 Å². The Kier molecular flexibility index (Phi) is 12.5. The summed E-state index contributed by atoms with van der Waals surface area (Å²) in [6.07, 6.45) is 5.38. The van der Waals surface area contributed by atoms with Crippen LogP contribution in [0.1, 0.15) is 76.1 Å². The van der Waals surface area contributed by atoms with Gasteiger partial charge in [0.15, 0.2) is 0 Å². The standard InChI is InChI=1S/C25H35NO.2ClH.Zr/c1-18(2)11-10-12-20(4)26-17-21-15-19(3)16-23(24(21)27)25(5,6)22-13-8-7-9-14-22;;;/h7-9,13-18,20,27H,10-12H2,1-6H3;2*1H;/q;;;+2/p-2. The van der Waals surface area contributed by atoms with Gasteiger partial charge in [0, 0.05) is 28.8 Å². The van der Waals surface area contributed by atoms with Gasteiger partial charge < -0.3 is 5.11 Å². The number of rotatable bonds is 8. The SMILES string of the molecule is Cc1cc(C=NC(C)CCCC(C)C)c(O)c(C(C)(C)c2ccccc2)c1.[Cl][Zr][Cl]. The molecule has 30 heavy (non-hydrogen) atoms. The van der Waals surface area contributed by atoms with E-state index in [2.05, 4.69) is 59.7 Å². The number of phenolic OH excluding ortho intramolecular Hbond substituents is 1. The van der Waals surface area contributed by atoms with Crippen LogP contribution in [0.4, 0.5) is 0 Å². The van der Waals surface area contributed by atoms with Crippen molar-refractivity contribution in [2.45, 2.75) is 72.3 Å². The van der Waals surface area contributed by atoms with Gasteiger partial charge in [-0.05, 0) is 43.4 Å². The summed E-state index contributed by atoms with van der Waals surface area (Å²) in [6, 6.07) is 14.7. The maximum atomic E-state index is 11.0. The molecule has 5 heteroatoms. The minimum atomic E-state index is -0.826. The number of halogens is 2. The van der Waals surface area contributed by atoms with Crippen LogP contribution in [-0.4, -0.2) is 17.4 Å². The summed E-state index contributed by atoms with van der Waals surface area (Å²) in [7, 11) is 9.87. The second-order valence-electron chi connectivity index (χ2n) is 8.76. The summed E-state index contributed by atoms with van der Waals surface area (Å²) in [5.41, 5.74) is 3.81. The summed E-state index contributed by atoms with van der Waals surface area (Å²) in [5.74, 6) is 1.08. The molecule has 2 aromatic carbocycles. The third-order valence-corrected chi connectivity index (χ3v) is 5.32. The van der Waals surface area contributed by atoms with E-state index in [1.807, 2.05) is 30.5 Å². The molecule has 0 aliphatic heterocycles. The van der Waals surface area contributed by atoms with Gasteiger partial charge in [0.25, 0.3) is 0 Å². The van der Waals surface area contributed by atoms with Gasteiger partial charge in [-0.1, -0.05) is 76.9 Å². The Labute approximate surface area is 201 Å². The van der Waals surface area contributed by atoms with E-state index in [4.69, 9.17) is 22.0 Å². The summed E-state index contributed by atoms with van der Waals surface area (Å²) in [5, 5.41) is 11.0. The van der Waals surface area contributed by atoms with Gasteiger partial charge >= 0.3 is 37.9 Å². The molecule has 1 atom stereocenters. The van der Waals surface area contributed by atoms with Crippen molar-refractivity contribution >= 4 is 23.2 Å². The van der Waals surface area contributed by atoms with Crippen LogP contribution in [0.2, 0.25) is 0 Å². The van der Waals surface area contributed by atoms with Crippen molar-refractivity contribution in [3.05, 3.63) is 64.7 Å². The first-order chi connectivity index (χ1) is 14.1. The van der Waals surface area contributed by atoms with Crippen molar-refractivity contribution in [2.75, 3.05) is 0 Å². The molecule has 0 saturated heterocycles. The number of nitrogens with zero attached hydrogens (tertiary/aromatic N) is 1. The normalized spacial score (nSPS) is 12.6. The van der Waals surface area contributed by atoms with Crippen LogP contribution in [0.15, 0.2) is 47.5 Å². The van der Waals surface area contributed by atoms with E-state index >= 15 is 0 Å². The number of aromatic hydroxyl groups is 1. The van der Waals surface area contributed by atoms with E-state index < -0.39 is 20.8 Å². The minimum absolute atomic E-state index is 0.272. The van der Waals surface area contributed by atoms with Crippen molar-refractivity contribution in [1.82, 2.24) is 0 Å². The topological polar surface area (TPSA) is 32.6 Å². The van der Waals surface area contributed by atoms with Crippen LogP contribution in [0.5, 0.6) is 5.75 Å².